The third-order valence-electron chi connectivity index (χ3n) is 3.62. The molecule has 0 bridgehead atoms. The third-order valence-corrected chi connectivity index (χ3v) is 3.62. The van der Waals surface area contributed by atoms with Crippen molar-refractivity contribution >= 4 is 22.9 Å². The Morgan fingerprint density at radius 3 is 3.00 bits per heavy atom. The molecule has 1 saturated heterocycles. The predicted molar refractivity (Wildman–Crippen MR) is 79.6 cm³/mol. The highest BCUT2D eigenvalue weighted by molar-refractivity contribution is 5.90. The van der Waals surface area contributed by atoms with Crippen LogP contribution in [0, 0.1) is 0 Å². The minimum atomic E-state index is -0.561. The first-order valence-electron chi connectivity index (χ1n) is 6.99. The molecule has 3 N–H and O–H groups in total. The molecule has 1 aromatic heterocycles. The van der Waals surface area contributed by atoms with Crippen LogP contribution in [0.2, 0.25) is 0 Å². The first-order chi connectivity index (χ1) is 10.6. The molecule has 2 atom stereocenters. The van der Waals surface area contributed by atoms with E-state index in [1.807, 2.05) is 31.2 Å². The average molecular weight is 303 g/mol. The number of hydrogen-bond donors (Lipinski definition) is 3. The Kier molecular flexibility index (Phi) is 3.62. The van der Waals surface area contributed by atoms with E-state index in [9.17, 15) is 9.59 Å². The Labute approximate surface area is 127 Å². The fourth-order valence-electron chi connectivity index (χ4n) is 2.43. The van der Waals surface area contributed by atoms with Gasteiger partial charge in [-0.05, 0) is 19.1 Å². The van der Waals surface area contributed by atoms with Gasteiger partial charge in [0.25, 0.3) is 0 Å². The quantitative estimate of drug-likeness (QED) is 0.794. The summed E-state index contributed by atoms with van der Waals surface area (Å²) in [7, 11) is 1.58. The Balaban J connectivity index is 1.76. The zero-order chi connectivity index (χ0) is 15.7. The van der Waals surface area contributed by atoms with E-state index >= 15 is 0 Å². The highest BCUT2D eigenvalue weighted by Crippen LogP contribution is 2.30. The molecule has 22 heavy (non-hydrogen) atoms. The van der Waals surface area contributed by atoms with Gasteiger partial charge in [0, 0.05) is 11.9 Å². The molecule has 1 aliphatic rings. The van der Waals surface area contributed by atoms with Crippen LogP contribution < -0.4 is 20.7 Å². The standard InChI is InChI=1S/C15H17N3O4/c1-8(17-14(19)10-7-16-15(20)18-10)12-6-9-4-3-5-11(21-2)13(9)22-12/h3-6,8,10H,7H2,1-2H3,(H,17,19)(H2,16,18,20)/t8-,10-/m1/s1. The summed E-state index contributed by atoms with van der Waals surface area (Å²) in [6.45, 7) is 2.11. The first-order valence-corrected chi connectivity index (χ1v) is 6.99. The van der Waals surface area contributed by atoms with Crippen LogP contribution in [-0.2, 0) is 4.79 Å². The lowest BCUT2D eigenvalue weighted by atomic mass is 10.2. The van der Waals surface area contributed by atoms with Gasteiger partial charge < -0.3 is 25.1 Å². The van der Waals surface area contributed by atoms with Gasteiger partial charge in [0.2, 0.25) is 5.91 Å². The molecular formula is C15H17N3O4. The molecule has 0 saturated carbocycles. The molecular weight excluding hydrogens is 286 g/mol. The van der Waals surface area contributed by atoms with E-state index in [1.165, 1.54) is 0 Å². The molecule has 0 radical (unpaired) electrons. The Morgan fingerprint density at radius 1 is 1.50 bits per heavy atom. The van der Waals surface area contributed by atoms with Crippen molar-refractivity contribution in [3.05, 3.63) is 30.0 Å². The molecule has 0 aliphatic carbocycles. The maximum Gasteiger partial charge on any atom is 0.315 e. The van der Waals surface area contributed by atoms with Crippen LogP contribution in [0.1, 0.15) is 18.7 Å². The van der Waals surface area contributed by atoms with Crippen LogP contribution in [0.5, 0.6) is 5.75 Å². The van der Waals surface area contributed by atoms with Crippen LogP contribution in [0.4, 0.5) is 4.79 Å². The zero-order valence-electron chi connectivity index (χ0n) is 12.3. The Bertz CT molecular complexity index is 725. The third kappa shape index (κ3) is 2.57. The molecule has 1 fully saturated rings. The van der Waals surface area contributed by atoms with E-state index in [0.29, 0.717) is 17.1 Å². The number of benzene rings is 1. The van der Waals surface area contributed by atoms with E-state index in [2.05, 4.69) is 16.0 Å². The van der Waals surface area contributed by atoms with Crippen LogP contribution >= 0.6 is 0 Å². The van der Waals surface area contributed by atoms with Crippen LogP contribution in [0.3, 0.4) is 0 Å². The highest BCUT2D eigenvalue weighted by Gasteiger charge is 2.28. The molecule has 0 unspecified atom stereocenters. The normalized spacial score (nSPS) is 18.6. The lowest BCUT2D eigenvalue weighted by molar-refractivity contribution is -0.123. The van der Waals surface area contributed by atoms with E-state index in [1.54, 1.807) is 7.11 Å². The molecule has 7 heteroatoms. The number of ether oxygens (including phenoxy) is 1. The SMILES string of the molecule is COc1cccc2cc([C@@H](C)NC(=O)[C@H]3CNC(=O)N3)oc12. The molecule has 7 nitrogen and oxygen atoms in total. The molecule has 2 aromatic rings. The molecule has 0 spiro atoms. The fourth-order valence-corrected chi connectivity index (χ4v) is 2.43. The summed E-state index contributed by atoms with van der Waals surface area (Å²) in [5, 5.41) is 8.83. The van der Waals surface area contributed by atoms with Crippen molar-refractivity contribution in [3.63, 3.8) is 0 Å². The van der Waals surface area contributed by atoms with Gasteiger partial charge in [-0.3, -0.25) is 4.79 Å². The Morgan fingerprint density at radius 2 is 2.32 bits per heavy atom. The number of carbonyl (C=O) groups is 2. The van der Waals surface area contributed by atoms with Gasteiger partial charge in [-0.15, -0.1) is 0 Å². The minimum Gasteiger partial charge on any atom is -0.493 e. The zero-order valence-corrected chi connectivity index (χ0v) is 12.3. The van der Waals surface area contributed by atoms with Gasteiger partial charge in [0.05, 0.1) is 13.2 Å². The largest absolute Gasteiger partial charge is 0.493 e. The van der Waals surface area contributed by atoms with E-state index in [-0.39, 0.29) is 24.5 Å². The maximum atomic E-state index is 12.1. The van der Waals surface area contributed by atoms with Crippen molar-refractivity contribution in [1.29, 1.82) is 0 Å². The Hall–Kier alpha value is -2.70. The lowest BCUT2D eigenvalue weighted by Gasteiger charge is -2.14. The van der Waals surface area contributed by atoms with Crippen molar-refractivity contribution < 1.29 is 18.7 Å². The minimum absolute atomic E-state index is 0.252. The average Bonchev–Trinajstić information content (AvgIpc) is 3.12. The summed E-state index contributed by atoms with van der Waals surface area (Å²) in [5.41, 5.74) is 0.650. The molecule has 3 rings (SSSR count). The van der Waals surface area contributed by atoms with Gasteiger partial charge in [0.15, 0.2) is 11.3 Å². The number of methoxy groups -OCH3 is 1. The van der Waals surface area contributed by atoms with Crippen LogP contribution in [0.15, 0.2) is 28.7 Å². The van der Waals surface area contributed by atoms with Crippen molar-refractivity contribution in [3.8, 4) is 5.75 Å². The summed E-state index contributed by atoms with van der Waals surface area (Å²) in [5.74, 6) is 1.03. The second-order valence-corrected chi connectivity index (χ2v) is 5.16. The summed E-state index contributed by atoms with van der Waals surface area (Å²) in [6, 6.07) is 6.27. The van der Waals surface area contributed by atoms with Crippen molar-refractivity contribution in [2.75, 3.05) is 13.7 Å². The molecule has 1 aromatic carbocycles. The monoisotopic (exact) mass is 303 g/mol. The van der Waals surface area contributed by atoms with Gasteiger partial charge in [-0.1, -0.05) is 12.1 Å². The van der Waals surface area contributed by atoms with Gasteiger partial charge >= 0.3 is 6.03 Å². The van der Waals surface area contributed by atoms with Crippen molar-refractivity contribution in [2.24, 2.45) is 0 Å². The molecule has 116 valence electrons. The number of hydrogen-bond acceptors (Lipinski definition) is 4. The lowest BCUT2D eigenvalue weighted by Crippen LogP contribution is -2.43. The van der Waals surface area contributed by atoms with Crippen molar-refractivity contribution in [1.82, 2.24) is 16.0 Å². The van der Waals surface area contributed by atoms with Crippen LogP contribution in [-0.4, -0.2) is 31.6 Å². The second-order valence-electron chi connectivity index (χ2n) is 5.16. The molecule has 3 amide bonds. The predicted octanol–water partition coefficient (Wildman–Crippen LogP) is 1.30. The number of urea groups is 1. The second kappa shape index (κ2) is 5.59. The maximum absolute atomic E-state index is 12.1. The van der Waals surface area contributed by atoms with Gasteiger partial charge in [0.1, 0.15) is 11.8 Å². The van der Waals surface area contributed by atoms with Crippen molar-refractivity contribution in [2.45, 2.75) is 19.0 Å². The number of rotatable bonds is 4. The van der Waals surface area contributed by atoms with Gasteiger partial charge in [-0.2, -0.15) is 0 Å². The topological polar surface area (TPSA) is 92.6 Å². The fraction of sp³-hybridized carbons (Fsp3) is 0.333. The number of nitrogens with one attached hydrogen (secondary N) is 3. The summed E-state index contributed by atoms with van der Waals surface area (Å²) in [6.07, 6.45) is 0. The smallest absolute Gasteiger partial charge is 0.315 e. The van der Waals surface area contributed by atoms with E-state index < -0.39 is 6.04 Å². The molecule has 1 aliphatic heterocycles. The summed E-state index contributed by atoms with van der Waals surface area (Å²) >= 11 is 0. The number of amides is 3. The highest BCUT2D eigenvalue weighted by atomic mass is 16.5. The number of fused-ring (bicyclic) bond motifs is 1. The molecule has 2 heterocycles. The summed E-state index contributed by atoms with van der Waals surface area (Å²) < 4.78 is 11.1. The van der Waals surface area contributed by atoms with Gasteiger partial charge in [-0.25, -0.2) is 4.79 Å². The summed E-state index contributed by atoms with van der Waals surface area (Å²) in [4.78, 5) is 23.1. The van der Waals surface area contributed by atoms with Crippen LogP contribution in [0.25, 0.3) is 11.0 Å². The van der Waals surface area contributed by atoms with E-state index in [0.717, 1.165) is 5.39 Å². The number of furan rings is 1. The van der Waals surface area contributed by atoms with E-state index in [4.69, 9.17) is 9.15 Å². The first kappa shape index (κ1) is 14.2. The number of para-hydroxylation sites is 1. The number of carbonyl (C=O) groups excluding carboxylic acids is 2.